The van der Waals surface area contributed by atoms with E-state index < -0.39 is 24.5 Å². The molecule has 16 heavy (non-hydrogen) atoms. The van der Waals surface area contributed by atoms with Crippen LogP contribution in [0.15, 0.2) is 5.29 Å². The second-order valence-electron chi connectivity index (χ2n) is 3.55. The lowest BCUT2D eigenvalue weighted by Gasteiger charge is -2.27. The van der Waals surface area contributed by atoms with Crippen molar-refractivity contribution in [1.29, 1.82) is 0 Å². The van der Waals surface area contributed by atoms with Crippen molar-refractivity contribution >= 4 is 17.6 Å². The number of nitrogens with zero attached hydrogens (tertiary/aromatic N) is 2. The largest absolute Gasteiger partial charge is 0.393 e. The second-order valence-corrected chi connectivity index (χ2v) is 3.74. The summed E-state index contributed by atoms with van der Waals surface area (Å²) in [4.78, 5) is 22.5. The number of aliphatic hydroxyl groups is 1. The molecule has 0 atom stereocenters. The molecule has 1 aliphatic rings. The van der Waals surface area contributed by atoms with E-state index in [9.17, 15) is 14.8 Å². The summed E-state index contributed by atoms with van der Waals surface area (Å²) in [7, 11) is 0. The lowest BCUT2D eigenvalue weighted by atomic mass is 9.93. The number of halogens is 1. The van der Waals surface area contributed by atoms with Gasteiger partial charge in [0.1, 0.15) is 0 Å². The van der Waals surface area contributed by atoms with Gasteiger partial charge in [0.2, 0.25) is 0 Å². The molecule has 1 saturated carbocycles. The normalized spacial score (nSPS) is 30.4. The first-order chi connectivity index (χ1) is 9.09. The van der Waals surface area contributed by atoms with Crippen LogP contribution in [0.5, 0.6) is 0 Å². The number of aliphatic hydroxyl groups excluding tert-OH is 1. The average molecular weight is 254 g/mol. The highest BCUT2D eigenvalue weighted by molar-refractivity contribution is 6.18. The van der Waals surface area contributed by atoms with Crippen molar-refractivity contribution in [2.75, 3.05) is 12.3 Å². The Morgan fingerprint density at radius 2 is 2.19 bits per heavy atom. The van der Waals surface area contributed by atoms with Gasteiger partial charge in [-0.3, -0.25) is 0 Å². The summed E-state index contributed by atoms with van der Waals surface area (Å²) in [6, 6.07) is -1.48. The molecule has 0 unspecified atom stereocenters. The van der Waals surface area contributed by atoms with Crippen LogP contribution in [0.25, 0.3) is 0 Å². The van der Waals surface area contributed by atoms with Gasteiger partial charge in [-0.15, -0.1) is 16.5 Å². The van der Waals surface area contributed by atoms with Crippen molar-refractivity contribution < 1.29 is 15.4 Å². The van der Waals surface area contributed by atoms with E-state index in [1.165, 1.54) is 0 Å². The van der Waals surface area contributed by atoms with Crippen LogP contribution in [0.2, 0.25) is 0 Å². The summed E-state index contributed by atoms with van der Waals surface area (Å²) in [6.45, 7) is -3.09. The van der Waals surface area contributed by atoms with Gasteiger partial charge in [-0.2, -0.15) is 5.01 Å². The maximum Gasteiger partial charge on any atom is 0.340 e. The SMILES string of the molecule is [2H]C([2H])(Cl)C([2H])([2H])N(N=O)C(=O)NC1CCC(O)CC1. The zero-order valence-electron chi connectivity index (χ0n) is 12.5. The Morgan fingerprint density at radius 3 is 2.69 bits per heavy atom. The maximum absolute atomic E-state index is 11.8. The monoisotopic (exact) mass is 253 g/mol. The third kappa shape index (κ3) is 3.94. The fourth-order valence-corrected chi connectivity index (χ4v) is 1.68. The van der Waals surface area contributed by atoms with Crippen LogP contribution >= 0.6 is 11.6 Å². The Hall–Kier alpha value is -0.880. The van der Waals surface area contributed by atoms with Crippen LogP contribution < -0.4 is 5.32 Å². The number of carbonyl (C=O) groups is 1. The van der Waals surface area contributed by atoms with Gasteiger partial charge in [0, 0.05) is 14.6 Å². The molecule has 0 bridgehead atoms. The van der Waals surface area contributed by atoms with Crippen molar-refractivity contribution in [1.82, 2.24) is 10.3 Å². The first-order valence-electron chi connectivity index (χ1n) is 6.90. The minimum Gasteiger partial charge on any atom is -0.393 e. The molecule has 6 nitrogen and oxygen atoms in total. The number of urea groups is 1. The number of nitroso groups, excluding NO2 is 1. The lowest BCUT2D eigenvalue weighted by Crippen LogP contribution is -2.44. The summed E-state index contributed by atoms with van der Waals surface area (Å²) in [5.74, 6) is -2.97. The maximum atomic E-state index is 11.8. The number of hydrogen-bond donors (Lipinski definition) is 2. The summed E-state index contributed by atoms with van der Waals surface area (Å²) in [5, 5.41) is 13.8. The van der Waals surface area contributed by atoms with Crippen molar-refractivity contribution in [2.24, 2.45) is 5.29 Å². The van der Waals surface area contributed by atoms with Crippen molar-refractivity contribution in [3.05, 3.63) is 4.91 Å². The molecule has 92 valence electrons. The second kappa shape index (κ2) is 6.65. The molecular formula is C9H16ClN3O3. The molecule has 0 saturated heterocycles. The number of hydrogen-bond acceptors (Lipinski definition) is 4. The minimum atomic E-state index is -3.09. The predicted octanol–water partition coefficient (Wildman–Crippen LogP) is 1.22. The fraction of sp³-hybridized carbons (Fsp3) is 0.889. The quantitative estimate of drug-likeness (QED) is 0.449. The van der Waals surface area contributed by atoms with Gasteiger partial charge in [-0.1, -0.05) is 0 Å². The zero-order valence-corrected chi connectivity index (χ0v) is 9.28. The van der Waals surface area contributed by atoms with Gasteiger partial charge in [-0.05, 0) is 25.7 Å². The third-order valence-electron chi connectivity index (χ3n) is 2.45. The van der Waals surface area contributed by atoms with Crippen LogP contribution in [0.3, 0.4) is 0 Å². The Bertz CT molecular complexity index is 372. The van der Waals surface area contributed by atoms with Crippen LogP contribution in [0.4, 0.5) is 4.79 Å². The van der Waals surface area contributed by atoms with Crippen LogP contribution in [0.1, 0.15) is 31.2 Å². The van der Waals surface area contributed by atoms with E-state index in [0.717, 1.165) is 0 Å². The van der Waals surface area contributed by atoms with E-state index in [2.05, 4.69) is 10.6 Å². The van der Waals surface area contributed by atoms with Gasteiger partial charge >= 0.3 is 6.03 Å². The van der Waals surface area contributed by atoms with E-state index in [1.54, 1.807) is 0 Å². The van der Waals surface area contributed by atoms with E-state index >= 15 is 0 Å². The molecule has 0 aromatic carbocycles. The smallest absolute Gasteiger partial charge is 0.340 e. The standard InChI is InChI=1S/C9H16ClN3O3/c10-5-6-13(12-16)9(15)11-7-1-3-8(14)4-2-7/h7-8,14H,1-6H2,(H,11,15)/i5D2,6D2. The van der Waals surface area contributed by atoms with Crippen LogP contribution in [-0.2, 0) is 0 Å². The van der Waals surface area contributed by atoms with Crippen LogP contribution in [-0.4, -0.2) is 40.6 Å². The molecule has 2 amide bonds. The third-order valence-corrected chi connectivity index (χ3v) is 2.53. The molecule has 2 N–H and O–H groups in total. The molecule has 1 aliphatic carbocycles. The number of alkyl halides is 1. The van der Waals surface area contributed by atoms with Gasteiger partial charge in [0.25, 0.3) is 0 Å². The topological polar surface area (TPSA) is 82.0 Å². The van der Waals surface area contributed by atoms with E-state index in [-0.39, 0.29) is 11.1 Å². The molecule has 0 aliphatic heterocycles. The first-order valence-corrected chi connectivity index (χ1v) is 5.28. The fourth-order valence-electron chi connectivity index (χ4n) is 1.60. The van der Waals surface area contributed by atoms with Crippen molar-refractivity contribution in [3.63, 3.8) is 0 Å². The highest BCUT2D eigenvalue weighted by Gasteiger charge is 2.23. The Kier molecular flexibility index (Phi) is 3.43. The molecule has 7 heteroatoms. The summed E-state index contributed by atoms with van der Waals surface area (Å²) >= 11 is 5.21. The first kappa shape index (κ1) is 8.25. The molecule has 0 aromatic heterocycles. The van der Waals surface area contributed by atoms with Crippen LogP contribution in [0, 0.1) is 4.91 Å². The van der Waals surface area contributed by atoms with Crippen molar-refractivity contribution in [2.45, 2.75) is 37.8 Å². The number of nitrogens with one attached hydrogen (secondary N) is 1. The molecule has 0 aromatic rings. The van der Waals surface area contributed by atoms with Gasteiger partial charge in [0.05, 0.1) is 20.6 Å². The Balaban J connectivity index is 2.71. The van der Waals surface area contributed by atoms with Gasteiger partial charge in [-0.25, -0.2) is 4.79 Å². The summed E-state index contributed by atoms with van der Waals surface area (Å²) < 4.78 is 29.0. The van der Waals surface area contributed by atoms with E-state index in [4.69, 9.17) is 17.1 Å². The Labute approximate surface area is 105 Å². The van der Waals surface area contributed by atoms with E-state index in [0.29, 0.717) is 25.7 Å². The van der Waals surface area contributed by atoms with Gasteiger partial charge < -0.3 is 10.4 Å². The Morgan fingerprint density at radius 1 is 1.56 bits per heavy atom. The van der Waals surface area contributed by atoms with Gasteiger partial charge in [0.15, 0.2) is 0 Å². The zero-order chi connectivity index (χ0) is 15.6. The average Bonchev–Trinajstić information content (AvgIpc) is 2.31. The molecule has 0 heterocycles. The summed E-state index contributed by atoms with van der Waals surface area (Å²) in [6.07, 6.45) is 1.52. The predicted molar refractivity (Wildman–Crippen MR) is 60.0 cm³/mol. The minimum absolute atomic E-state index is 0.176. The molecule has 0 radical (unpaired) electrons. The number of amides is 2. The molecule has 1 fully saturated rings. The number of rotatable bonds is 4. The highest BCUT2D eigenvalue weighted by Crippen LogP contribution is 2.18. The van der Waals surface area contributed by atoms with Crippen molar-refractivity contribution in [3.8, 4) is 0 Å². The van der Waals surface area contributed by atoms with E-state index in [1.807, 2.05) is 0 Å². The summed E-state index contributed by atoms with van der Waals surface area (Å²) in [5.41, 5.74) is 0. The highest BCUT2D eigenvalue weighted by atomic mass is 35.5. The molecule has 0 spiro atoms. The molecular weight excluding hydrogens is 234 g/mol. The number of carbonyl (C=O) groups excluding carboxylic acids is 1. The lowest BCUT2D eigenvalue weighted by molar-refractivity contribution is 0.115. The molecule has 1 rings (SSSR count).